The zero-order valence-electron chi connectivity index (χ0n) is 17.8. The van der Waals surface area contributed by atoms with Crippen LogP contribution in [0.2, 0.25) is 0 Å². The van der Waals surface area contributed by atoms with E-state index >= 15 is 0 Å². The summed E-state index contributed by atoms with van der Waals surface area (Å²) in [6, 6.07) is 7.21. The summed E-state index contributed by atoms with van der Waals surface area (Å²) in [6.07, 6.45) is 7.32. The first kappa shape index (κ1) is 21.2. The third-order valence-electron chi connectivity index (χ3n) is 6.87. The Labute approximate surface area is 182 Å². The molecule has 0 heterocycles. The van der Waals surface area contributed by atoms with Crippen LogP contribution in [0.1, 0.15) is 44.9 Å². The number of hydrogen-bond donors (Lipinski definition) is 2. The first-order chi connectivity index (χ1) is 14.3. The number of nitrogens with one attached hydrogen (secondary N) is 2. The van der Waals surface area contributed by atoms with Crippen LogP contribution in [-0.2, 0) is 9.59 Å². The van der Waals surface area contributed by atoms with E-state index in [0.29, 0.717) is 12.2 Å². The highest BCUT2D eigenvalue weighted by Crippen LogP contribution is 2.60. The van der Waals surface area contributed by atoms with Crippen LogP contribution in [0.5, 0.6) is 0 Å². The fraction of sp³-hybridized carbons (Fsp3) is 0.609. The van der Waals surface area contributed by atoms with Crippen LogP contribution in [0.25, 0.3) is 0 Å². The lowest BCUT2D eigenvalue weighted by atomic mass is 9.49. The fourth-order valence-electron chi connectivity index (χ4n) is 5.89. The molecule has 4 fully saturated rings. The molecule has 2 N–H and O–H groups in total. The van der Waals surface area contributed by atoms with Crippen molar-refractivity contribution in [2.24, 2.45) is 23.2 Å². The third kappa shape index (κ3) is 4.66. The van der Waals surface area contributed by atoms with Crippen molar-refractivity contribution in [3.05, 3.63) is 24.3 Å². The number of nitrogens with zero attached hydrogens (tertiary/aromatic N) is 1. The standard InChI is InChI=1S/C23H31N3O3S/c1-26(2)22(29)30-19-5-3-18(4-6-19)25-20(27)7-8-24-21(28)23-12-15-9-16(13-23)11-17(10-15)14-23/h3-6,15-17H,7-14H2,1-2H3,(H,24,28)(H,25,27). The van der Waals surface area contributed by atoms with Gasteiger partial charge in [0, 0.05) is 43.1 Å². The van der Waals surface area contributed by atoms with Crippen molar-refractivity contribution in [3.8, 4) is 0 Å². The molecule has 1 aromatic carbocycles. The Balaban J connectivity index is 1.22. The zero-order valence-corrected chi connectivity index (χ0v) is 18.6. The van der Waals surface area contributed by atoms with Gasteiger partial charge in [0.25, 0.3) is 5.24 Å². The monoisotopic (exact) mass is 429 g/mol. The minimum atomic E-state index is -0.164. The van der Waals surface area contributed by atoms with Gasteiger partial charge in [0.05, 0.1) is 0 Å². The molecule has 0 atom stereocenters. The molecular weight excluding hydrogens is 398 g/mol. The summed E-state index contributed by atoms with van der Waals surface area (Å²) in [6.45, 7) is 0.373. The summed E-state index contributed by atoms with van der Waals surface area (Å²) < 4.78 is 0. The van der Waals surface area contributed by atoms with Crippen LogP contribution in [-0.4, -0.2) is 42.6 Å². The van der Waals surface area contributed by atoms with Gasteiger partial charge in [-0.1, -0.05) is 0 Å². The van der Waals surface area contributed by atoms with Gasteiger partial charge in [0.15, 0.2) is 0 Å². The van der Waals surface area contributed by atoms with Gasteiger partial charge < -0.3 is 15.5 Å². The quantitative estimate of drug-likeness (QED) is 0.667. The maximum absolute atomic E-state index is 12.9. The predicted octanol–water partition coefficient (Wildman–Crippen LogP) is 4.12. The molecule has 0 aliphatic heterocycles. The van der Waals surface area contributed by atoms with Crippen molar-refractivity contribution in [1.82, 2.24) is 10.2 Å². The van der Waals surface area contributed by atoms with Crippen LogP contribution in [0.4, 0.5) is 10.5 Å². The molecule has 0 spiro atoms. The van der Waals surface area contributed by atoms with Gasteiger partial charge in [-0.15, -0.1) is 0 Å². The highest BCUT2D eigenvalue weighted by molar-refractivity contribution is 8.13. The Morgan fingerprint density at radius 3 is 2.10 bits per heavy atom. The Morgan fingerprint density at radius 1 is 1.00 bits per heavy atom. The molecular formula is C23H31N3O3S. The van der Waals surface area contributed by atoms with Crippen LogP contribution < -0.4 is 10.6 Å². The van der Waals surface area contributed by atoms with Crippen molar-refractivity contribution in [2.75, 3.05) is 26.0 Å². The highest BCUT2D eigenvalue weighted by Gasteiger charge is 2.54. The Morgan fingerprint density at radius 2 is 1.57 bits per heavy atom. The molecule has 1 aromatic rings. The fourth-order valence-corrected chi connectivity index (χ4v) is 6.54. The molecule has 30 heavy (non-hydrogen) atoms. The van der Waals surface area contributed by atoms with Crippen LogP contribution in [0.3, 0.4) is 0 Å². The number of rotatable bonds is 6. The predicted molar refractivity (Wildman–Crippen MR) is 118 cm³/mol. The maximum atomic E-state index is 12.9. The lowest BCUT2D eigenvalue weighted by Crippen LogP contribution is -2.53. The molecule has 7 heteroatoms. The molecule has 4 aliphatic carbocycles. The number of benzene rings is 1. The number of carbonyl (C=O) groups excluding carboxylic acids is 3. The third-order valence-corrected chi connectivity index (χ3v) is 7.91. The van der Waals surface area contributed by atoms with Gasteiger partial charge in [0.2, 0.25) is 11.8 Å². The summed E-state index contributed by atoms with van der Waals surface area (Å²) in [5, 5.41) is 5.87. The Bertz CT molecular complexity index is 786. The second kappa shape index (κ2) is 8.61. The summed E-state index contributed by atoms with van der Waals surface area (Å²) in [5.74, 6) is 2.25. The van der Waals surface area contributed by atoms with E-state index in [-0.39, 0.29) is 28.9 Å². The molecule has 162 valence electrons. The summed E-state index contributed by atoms with van der Waals surface area (Å²) in [5.41, 5.74) is 0.525. The van der Waals surface area contributed by atoms with Crippen LogP contribution in [0, 0.1) is 23.2 Å². The lowest BCUT2D eigenvalue weighted by Gasteiger charge is -2.55. The Kier molecular flexibility index (Phi) is 6.09. The SMILES string of the molecule is CN(C)C(=O)Sc1ccc(NC(=O)CCNC(=O)C23CC4CC(CC(C4)C2)C3)cc1. The average molecular weight is 430 g/mol. The Hall–Kier alpha value is -2.02. The number of carbonyl (C=O) groups is 3. The first-order valence-electron chi connectivity index (χ1n) is 10.9. The van der Waals surface area contributed by atoms with Crippen molar-refractivity contribution in [3.63, 3.8) is 0 Å². The van der Waals surface area contributed by atoms with Gasteiger partial charge in [-0.25, -0.2) is 0 Å². The van der Waals surface area contributed by atoms with E-state index in [9.17, 15) is 14.4 Å². The second-order valence-corrected chi connectivity index (χ2v) is 10.6. The number of amides is 3. The molecule has 0 aromatic heterocycles. The van der Waals surface area contributed by atoms with Crippen molar-refractivity contribution in [2.45, 2.75) is 49.8 Å². The van der Waals surface area contributed by atoms with Gasteiger partial charge in [-0.2, -0.15) is 0 Å². The van der Waals surface area contributed by atoms with Crippen molar-refractivity contribution in [1.29, 1.82) is 0 Å². The molecule has 4 saturated carbocycles. The smallest absolute Gasteiger partial charge is 0.285 e. The first-order valence-corrected chi connectivity index (χ1v) is 11.7. The second-order valence-electron chi connectivity index (χ2n) is 9.54. The average Bonchev–Trinajstić information content (AvgIpc) is 2.68. The number of anilines is 1. The topological polar surface area (TPSA) is 78.5 Å². The molecule has 0 saturated heterocycles. The number of hydrogen-bond acceptors (Lipinski definition) is 4. The van der Waals surface area contributed by atoms with E-state index in [1.165, 1.54) is 24.2 Å². The van der Waals surface area contributed by atoms with E-state index in [1.807, 2.05) is 12.1 Å². The van der Waals surface area contributed by atoms with Gasteiger partial charge in [-0.05, 0) is 92.3 Å². The molecule has 3 amide bonds. The largest absolute Gasteiger partial charge is 0.355 e. The van der Waals surface area contributed by atoms with Gasteiger partial charge in [0.1, 0.15) is 0 Å². The van der Waals surface area contributed by atoms with E-state index in [4.69, 9.17) is 0 Å². The zero-order chi connectivity index (χ0) is 21.3. The summed E-state index contributed by atoms with van der Waals surface area (Å²) in [4.78, 5) is 39.3. The van der Waals surface area contributed by atoms with E-state index in [1.54, 1.807) is 26.2 Å². The highest BCUT2D eigenvalue weighted by atomic mass is 32.2. The van der Waals surface area contributed by atoms with E-state index < -0.39 is 0 Å². The van der Waals surface area contributed by atoms with Crippen molar-refractivity contribution < 1.29 is 14.4 Å². The molecule has 0 unspecified atom stereocenters. The molecule has 4 bridgehead atoms. The normalized spacial score (nSPS) is 28.8. The molecule has 6 nitrogen and oxygen atoms in total. The molecule has 5 rings (SSSR count). The minimum Gasteiger partial charge on any atom is -0.355 e. The maximum Gasteiger partial charge on any atom is 0.285 e. The molecule has 0 radical (unpaired) electrons. The van der Waals surface area contributed by atoms with Gasteiger partial charge in [-0.3, -0.25) is 14.4 Å². The number of thioether (sulfide) groups is 1. The van der Waals surface area contributed by atoms with E-state index in [2.05, 4.69) is 10.6 Å². The lowest BCUT2D eigenvalue weighted by molar-refractivity contribution is -0.146. The molecule has 4 aliphatic rings. The van der Waals surface area contributed by atoms with Crippen LogP contribution >= 0.6 is 11.8 Å². The summed E-state index contributed by atoms with van der Waals surface area (Å²) in [7, 11) is 3.43. The van der Waals surface area contributed by atoms with E-state index in [0.717, 1.165) is 53.7 Å². The van der Waals surface area contributed by atoms with Crippen LogP contribution in [0.15, 0.2) is 29.2 Å². The summed E-state index contributed by atoms with van der Waals surface area (Å²) >= 11 is 1.15. The van der Waals surface area contributed by atoms with Gasteiger partial charge >= 0.3 is 0 Å². The minimum absolute atomic E-state index is 0.0402. The van der Waals surface area contributed by atoms with Crippen molar-refractivity contribution >= 4 is 34.5 Å².